The summed E-state index contributed by atoms with van der Waals surface area (Å²) in [5.74, 6) is -1.71. The first-order valence-corrected chi connectivity index (χ1v) is 6.03. The Morgan fingerprint density at radius 2 is 1.95 bits per heavy atom. The molecule has 2 aromatic heterocycles. The summed E-state index contributed by atoms with van der Waals surface area (Å²) in [7, 11) is 0. The summed E-state index contributed by atoms with van der Waals surface area (Å²) in [4.78, 5) is 23.7. The van der Waals surface area contributed by atoms with Gasteiger partial charge in [0.05, 0.1) is 13.2 Å². The molecule has 0 amide bonds. The summed E-state index contributed by atoms with van der Waals surface area (Å²) in [6.07, 6.45) is 3.07. The molecule has 0 spiro atoms. The van der Waals surface area contributed by atoms with Crippen LogP contribution in [0.25, 0.3) is 5.82 Å². The number of rotatable bonds is 5. The van der Waals surface area contributed by atoms with Crippen LogP contribution >= 0.6 is 0 Å². The molecule has 0 fully saturated rings. The van der Waals surface area contributed by atoms with E-state index in [0.29, 0.717) is 0 Å². The largest absolute Gasteiger partial charge is 0.462 e. The Labute approximate surface area is 114 Å². The molecule has 0 saturated heterocycles. The highest BCUT2D eigenvalue weighted by atomic mass is 16.6. The van der Waals surface area contributed by atoms with Gasteiger partial charge >= 0.3 is 11.9 Å². The quantitative estimate of drug-likeness (QED) is 0.759. The molecule has 0 aliphatic carbocycles. The smallest absolute Gasteiger partial charge is 0.378 e. The highest BCUT2D eigenvalue weighted by molar-refractivity contribution is 6.03. The molecular weight excluding hydrogens is 266 g/mol. The maximum atomic E-state index is 12.0. The molecule has 0 unspecified atom stereocenters. The zero-order valence-electron chi connectivity index (χ0n) is 11.0. The number of carbonyl (C=O) groups excluding carboxylic acids is 2. The van der Waals surface area contributed by atoms with Gasteiger partial charge in [0.25, 0.3) is 5.76 Å². The van der Waals surface area contributed by atoms with Gasteiger partial charge in [0, 0.05) is 12.4 Å². The molecule has 106 valence electrons. The van der Waals surface area contributed by atoms with E-state index in [1.54, 1.807) is 26.1 Å². The Kier molecular flexibility index (Phi) is 4.14. The number of aromatic nitrogens is 3. The normalized spacial score (nSPS) is 10.3. The first-order valence-electron chi connectivity index (χ1n) is 6.03. The number of hydrogen-bond acceptors (Lipinski definition) is 7. The number of hydrogen-bond donors (Lipinski definition) is 0. The predicted octanol–water partition coefficient (Wildman–Crippen LogP) is 1.21. The van der Waals surface area contributed by atoms with Crippen LogP contribution in [0.3, 0.4) is 0 Å². The van der Waals surface area contributed by atoms with Crippen molar-refractivity contribution in [3.05, 3.63) is 29.8 Å². The third kappa shape index (κ3) is 2.53. The van der Waals surface area contributed by atoms with E-state index in [9.17, 15) is 9.59 Å². The van der Waals surface area contributed by atoms with Crippen LogP contribution in [0.2, 0.25) is 0 Å². The molecule has 0 radical (unpaired) electrons. The van der Waals surface area contributed by atoms with Crippen LogP contribution in [0.4, 0.5) is 0 Å². The molecule has 0 aliphatic heterocycles. The van der Waals surface area contributed by atoms with Gasteiger partial charge in [-0.1, -0.05) is 5.16 Å². The van der Waals surface area contributed by atoms with Crippen molar-refractivity contribution in [1.82, 2.24) is 14.9 Å². The molecule has 0 aliphatic rings. The third-order valence-electron chi connectivity index (χ3n) is 2.34. The Bertz CT molecular complexity index is 603. The van der Waals surface area contributed by atoms with E-state index in [1.807, 2.05) is 0 Å². The molecule has 2 heterocycles. The standard InChI is InChI=1S/C12H13N3O5/c1-3-18-11(16)8-9(12(17)19-4-2)20-14-10(8)15-7-5-6-13-15/h5-7H,3-4H2,1-2H3. The van der Waals surface area contributed by atoms with Crippen LogP contribution in [-0.4, -0.2) is 40.1 Å². The minimum atomic E-state index is -0.776. The van der Waals surface area contributed by atoms with E-state index in [1.165, 1.54) is 10.9 Å². The molecule has 0 N–H and O–H groups in total. The molecule has 0 aromatic carbocycles. The van der Waals surface area contributed by atoms with Crippen molar-refractivity contribution in [2.24, 2.45) is 0 Å². The van der Waals surface area contributed by atoms with Crippen molar-refractivity contribution in [2.45, 2.75) is 13.8 Å². The summed E-state index contributed by atoms with van der Waals surface area (Å²) in [5, 5.41) is 7.63. The van der Waals surface area contributed by atoms with Crippen LogP contribution in [0.1, 0.15) is 34.8 Å². The molecule has 0 bridgehead atoms. The molecule has 2 rings (SSSR count). The lowest BCUT2D eigenvalue weighted by Crippen LogP contribution is -2.14. The Morgan fingerprint density at radius 1 is 1.25 bits per heavy atom. The topological polar surface area (TPSA) is 96.5 Å². The second-order valence-corrected chi connectivity index (χ2v) is 3.60. The van der Waals surface area contributed by atoms with Crippen molar-refractivity contribution < 1.29 is 23.6 Å². The Balaban J connectivity index is 2.48. The van der Waals surface area contributed by atoms with Gasteiger partial charge in [-0.05, 0) is 19.9 Å². The minimum Gasteiger partial charge on any atom is -0.462 e. The summed E-state index contributed by atoms with van der Waals surface area (Å²) < 4.78 is 15.9. The molecule has 20 heavy (non-hydrogen) atoms. The van der Waals surface area contributed by atoms with E-state index in [2.05, 4.69) is 10.3 Å². The van der Waals surface area contributed by atoms with Crippen LogP contribution < -0.4 is 0 Å². The van der Waals surface area contributed by atoms with E-state index >= 15 is 0 Å². The van der Waals surface area contributed by atoms with Gasteiger partial charge < -0.3 is 14.0 Å². The fourth-order valence-electron chi connectivity index (χ4n) is 1.56. The van der Waals surface area contributed by atoms with Crippen LogP contribution in [0.5, 0.6) is 0 Å². The molecule has 0 atom stereocenters. The number of ether oxygens (including phenoxy) is 2. The van der Waals surface area contributed by atoms with Gasteiger partial charge in [-0.15, -0.1) is 0 Å². The molecule has 8 heteroatoms. The maximum Gasteiger partial charge on any atom is 0.378 e. The molecule has 8 nitrogen and oxygen atoms in total. The van der Waals surface area contributed by atoms with Gasteiger partial charge in [0.1, 0.15) is 0 Å². The van der Waals surface area contributed by atoms with Crippen LogP contribution in [-0.2, 0) is 9.47 Å². The lowest BCUT2D eigenvalue weighted by Gasteiger charge is -2.03. The van der Waals surface area contributed by atoms with Gasteiger partial charge in [-0.25, -0.2) is 14.3 Å². The molecule has 2 aromatic rings. The van der Waals surface area contributed by atoms with Gasteiger partial charge in [-0.2, -0.15) is 5.10 Å². The van der Waals surface area contributed by atoms with Gasteiger partial charge in [-0.3, -0.25) is 0 Å². The Hall–Kier alpha value is -2.64. The Morgan fingerprint density at radius 3 is 2.55 bits per heavy atom. The zero-order valence-corrected chi connectivity index (χ0v) is 11.0. The van der Waals surface area contributed by atoms with Crippen LogP contribution in [0, 0.1) is 0 Å². The summed E-state index contributed by atoms with van der Waals surface area (Å²) in [6, 6.07) is 1.65. The average molecular weight is 279 g/mol. The van der Waals surface area contributed by atoms with Crippen molar-refractivity contribution in [3.63, 3.8) is 0 Å². The number of nitrogens with zero attached hydrogens (tertiary/aromatic N) is 3. The van der Waals surface area contributed by atoms with E-state index in [0.717, 1.165) is 0 Å². The second kappa shape index (κ2) is 6.00. The molecule has 0 saturated carbocycles. The summed E-state index contributed by atoms with van der Waals surface area (Å²) in [5.41, 5.74) is -0.103. The van der Waals surface area contributed by atoms with Crippen molar-refractivity contribution >= 4 is 11.9 Å². The van der Waals surface area contributed by atoms with Gasteiger partial charge in [0.15, 0.2) is 5.56 Å². The zero-order chi connectivity index (χ0) is 14.5. The van der Waals surface area contributed by atoms with E-state index in [4.69, 9.17) is 14.0 Å². The van der Waals surface area contributed by atoms with E-state index < -0.39 is 11.9 Å². The maximum absolute atomic E-state index is 12.0. The van der Waals surface area contributed by atoms with Crippen molar-refractivity contribution in [3.8, 4) is 5.82 Å². The van der Waals surface area contributed by atoms with Crippen molar-refractivity contribution in [2.75, 3.05) is 13.2 Å². The first-order chi connectivity index (χ1) is 9.69. The summed E-state index contributed by atoms with van der Waals surface area (Å²) in [6.45, 7) is 3.61. The molecular formula is C12H13N3O5. The third-order valence-corrected chi connectivity index (χ3v) is 2.34. The fourth-order valence-corrected chi connectivity index (χ4v) is 1.56. The average Bonchev–Trinajstić information content (AvgIpc) is 3.08. The summed E-state index contributed by atoms with van der Waals surface area (Å²) >= 11 is 0. The second-order valence-electron chi connectivity index (χ2n) is 3.60. The number of esters is 2. The lowest BCUT2D eigenvalue weighted by atomic mass is 10.2. The monoisotopic (exact) mass is 279 g/mol. The number of carbonyl (C=O) groups is 2. The van der Waals surface area contributed by atoms with E-state index in [-0.39, 0.29) is 30.4 Å². The fraction of sp³-hybridized carbons (Fsp3) is 0.333. The van der Waals surface area contributed by atoms with Crippen molar-refractivity contribution in [1.29, 1.82) is 0 Å². The van der Waals surface area contributed by atoms with Gasteiger partial charge in [0.2, 0.25) is 5.82 Å². The van der Waals surface area contributed by atoms with Crippen LogP contribution in [0.15, 0.2) is 23.0 Å². The predicted molar refractivity (Wildman–Crippen MR) is 65.5 cm³/mol. The minimum absolute atomic E-state index is 0.0801. The SMILES string of the molecule is CCOC(=O)c1onc(-n2cccn2)c1C(=O)OCC. The highest BCUT2D eigenvalue weighted by Crippen LogP contribution is 2.20. The lowest BCUT2D eigenvalue weighted by molar-refractivity contribution is 0.0445. The first kappa shape index (κ1) is 13.8. The highest BCUT2D eigenvalue weighted by Gasteiger charge is 2.31.